The second kappa shape index (κ2) is 8.59. The zero-order chi connectivity index (χ0) is 15.0. The summed E-state index contributed by atoms with van der Waals surface area (Å²) in [5, 5.41) is 14.8. The molecule has 4 nitrogen and oxygen atoms in total. The second-order valence-corrected chi connectivity index (χ2v) is 5.20. The lowest BCUT2D eigenvalue weighted by Gasteiger charge is -2.20. The van der Waals surface area contributed by atoms with Crippen molar-refractivity contribution in [3.63, 3.8) is 0 Å². The molecule has 0 spiro atoms. The van der Waals surface area contributed by atoms with Crippen LogP contribution in [0.2, 0.25) is 0 Å². The molecule has 0 aliphatic heterocycles. The SMILES string of the molecule is CCC(CO)NC(=O)NC(CC)Cc1ccc(C)cc1. The summed E-state index contributed by atoms with van der Waals surface area (Å²) in [6.07, 6.45) is 2.41. The van der Waals surface area contributed by atoms with Crippen LogP contribution in [0.25, 0.3) is 0 Å². The van der Waals surface area contributed by atoms with Crippen molar-refractivity contribution in [1.29, 1.82) is 0 Å². The van der Waals surface area contributed by atoms with Gasteiger partial charge >= 0.3 is 6.03 Å². The van der Waals surface area contributed by atoms with Crippen LogP contribution in [0.1, 0.15) is 37.8 Å². The van der Waals surface area contributed by atoms with Gasteiger partial charge in [0.2, 0.25) is 0 Å². The summed E-state index contributed by atoms with van der Waals surface area (Å²) in [7, 11) is 0. The van der Waals surface area contributed by atoms with Crippen LogP contribution in [-0.2, 0) is 6.42 Å². The molecule has 0 fully saturated rings. The molecule has 1 aromatic rings. The molecule has 0 aliphatic rings. The maximum atomic E-state index is 11.9. The number of hydrogen-bond acceptors (Lipinski definition) is 2. The van der Waals surface area contributed by atoms with E-state index in [0.717, 1.165) is 19.3 Å². The predicted molar refractivity (Wildman–Crippen MR) is 81.8 cm³/mol. The summed E-state index contributed by atoms with van der Waals surface area (Å²) >= 11 is 0. The molecule has 0 saturated heterocycles. The number of carbonyl (C=O) groups excluding carboxylic acids is 1. The van der Waals surface area contributed by atoms with E-state index in [2.05, 4.69) is 48.7 Å². The Hall–Kier alpha value is -1.55. The third-order valence-corrected chi connectivity index (χ3v) is 3.48. The minimum Gasteiger partial charge on any atom is -0.394 e. The fraction of sp³-hybridized carbons (Fsp3) is 0.562. The first-order valence-electron chi connectivity index (χ1n) is 7.32. The molecular weight excluding hydrogens is 252 g/mol. The van der Waals surface area contributed by atoms with E-state index in [1.807, 2.05) is 6.92 Å². The highest BCUT2D eigenvalue weighted by Crippen LogP contribution is 2.08. The summed E-state index contributed by atoms with van der Waals surface area (Å²) in [5.41, 5.74) is 2.46. The predicted octanol–water partition coefficient (Wildman–Crippen LogP) is 2.39. The van der Waals surface area contributed by atoms with Gasteiger partial charge in [0.05, 0.1) is 12.6 Å². The van der Waals surface area contributed by atoms with Gasteiger partial charge in [-0.3, -0.25) is 0 Å². The van der Waals surface area contributed by atoms with E-state index in [0.29, 0.717) is 0 Å². The van der Waals surface area contributed by atoms with Crippen LogP contribution in [0.15, 0.2) is 24.3 Å². The Kier molecular flexibility index (Phi) is 7.09. The molecule has 0 radical (unpaired) electrons. The number of rotatable bonds is 7. The Morgan fingerprint density at radius 3 is 2.15 bits per heavy atom. The highest BCUT2D eigenvalue weighted by atomic mass is 16.3. The molecule has 0 aliphatic carbocycles. The molecule has 112 valence electrons. The Morgan fingerprint density at radius 2 is 1.65 bits per heavy atom. The molecule has 0 aromatic heterocycles. The van der Waals surface area contributed by atoms with Crippen molar-refractivity contribution in [2.24, 2.45) is 0 Å². The molecule has 2 amide bonds. The van der Waals surface area contributed by atoms with Crippen molar-refractivity contribution < 1.29 is 9.90 Å². The number of aliphatic hydroxyl groups is 1. The van der Waals surface area contributed by atoms with E-state index in [1.165, 1.54) is 11.1 Å². The quantitative estimate of drug-likeness (QED) is 0.717. The number of aliphatic hydroxyl groups excluding tert-OH is 1. The molecular formula is C16H26N2O2. The molecule has 1 aromatic carbocycles. The summed E-state index contributed by atoms with van der Waals surface area (Å²) in [5.74, 6) is 0. The maximum absolute atomic E-state index is 11.9. The van der Waals surface area contributed by atoms with E-state index in [1.54, 1.807) is 0 Å². The lowest BCUT2D eigenvalue weighted by Crippen LogP contribution is -2.47. The van der Waals surface area contributed by atoms with Gasteiger partial charge in [-0.15, -0.1) is 0 Å². The van der Waals surface area contributed by atoms with Crippen molar-refractivity contribution in [2.75, 3.05) is 6.61 Å². The van der Waals surface area contributed by atoms with Gasteiger partial charge in [-0.25, -0.2) is 4.79 Å². The van der Waals surface area contributed by atoms with Gasteiger partial charge in [-0.1, -0.05) is 43.7 Å². The highest BCUT2D eigenvalue weighted by molar-refractivity contribution is 5.74. The van der Waals surface area contributed by atoms with Gasteiger partial charge < -0.3 is 15.7 Å². The van der Waals surface area contributed by atoms with Gasteiger partial charge in [-0.05, 0) is 31.7 Å². The first kappa shape index (κ1) is 16.5. The largest absolute Gasteiger partial charge is 0.394 e. The van der Waals surface area contributed by atoms with E-state index in [4.69, 9.17) is 5.11 Å². The third kappa shape index (κ3) is 5.61. The molecule has 3 N–H and O–H groups in total. The summed E-state index contributed by atoms with van der Waals surface area (Å²) < 4.78 is 0. The van der Waals surface area contributed by atoms with Crippen molar-refractivity contribution in [3.8, 4) is 0 Å². The van der Waals surface area contributed by atoms with Gasteiger partial charge in [-0.2, -0.15) is 0 Å². The maximum Gasteiger partial charge on any atom is 0.315 e. The zero-order valence-electron chi connectivity index (χ0n) is 12.6. The summed E-state index contributed by atoms with van der Waals surface area (Å²) in [6, 6.07) is 8.09. The zero-order valence-corrected chi connectivity index (χ0v) is 12.6. The number of benzene rings is 1. The van der Waals surface area contributed by atoms with Crippen LogP contribution in [0.4, 0.5) is 4.79 Å². The van der Waals surface area contributed by atoms with E-state index >= 15 is 0 Å². The Morgan fingerprint density at radius 1 is 1.10 bits per heavy atom. The monoisotopic (exact) mass is 278 g/mol. The first-order chi connectivity index (χ1) is 9.58. The Bertz CT molecular complexity index is 399. The number of amides is 2. The van der Waals surface area contributed by atoms with Crippen LogP contribution < -0.4 is 10.6 Å². The molecule has 1 rings (SSSR count). The number of nitrogens with one attached hydrogen (secondary N) is 2. The van der Waals surface area contributed by atoms with Gasteiger partial charge in [0.15, 0.2) is 0 Å². The smallest absolute Gasteiger partial charge is 0.315 e. The van der Waals surface area contributed by atoms with Crippen molar-refractivity contribution >= 4 is 6.03 Å². The molecule has 20 heavy (non-hydrogen) atoms. The highest BCUT2D eigenvalue weighted by Gasteiger charge is 2.13. The van der Waals surface area contributed by atoms with Crippen LogP contribution in [0.5, 0.6) is 0 Å². The van der Waals surface area contributed by atoms with Crippen LogP contribution >= 0.6 is 0 Å². The van der Waals surface area contributed by atoms with Crippen molar-refractivity contribution in [3.05, 3.63) is 35.4 Å². The average Bonchev–Trinajstić information content (AvgIpc) is 2.46. The van der Waals surface area contributed by atoms with E-state index in [-0.39, 0.29) is 24.7 Å². The van der Waals surface area contributed by atoms with Gasteiger partial charge in [0.1, 0.15) is 0 Å². The Labute approximate surface area is 121 Å². The lowest BCUT2D eigenvalue weighted by molar-refractivity contribution is 0.211. The van der Waals surface area contributed by atoms with Crippen molar-refractivity contribution in [1.82, 2.24) is 10.6 Å². The number of aryl methyl sites for hydroxylation is 1. The topological polar surface area (TPSA) is 61.4 Å². The van der Waals surface area contributed by atoms with Crippen LogP contribution in [0.3, 0.4) is 0 Å². The third-order valence-electron chi connectivity index (χ3n) is 3.48. The first-order valence-corrected chi connectivity index (χ1v) is 7.32. The van der Waals surface area contributed by atoms with E-state index < -0.39 is 0 Å². The number of carbonyl (C=O) groups is 1. The fourth-order valence-corrected chi connectivity index (χ4v) is 2.00. The second-order valence-electron chi connectivity index (χ2n) is 5.20. The van der Waals surface area contributed by atoms with Gasteiger partial charge in [0, 0.05) is 6.04 Å². The normalized spacial score (nSPS) is 13.6. The van der Waals surface area contributed by atoms with E-state index in [9.17, 15) is 4.79 Å². The van der Waals surface area contributed by atoms with Crippen molar-refractivity contribution in [2.45, 2.75) is 52.1 Å². The van der Waals surface area contributed by atoms with Crippen LogP contribution in [0, 0.1) is 6.92 Å². The molecule has 0 bridgehead atoms. The Balaban J connectivity index is 2.50. The van der Waals surface area contributed by atoms with Gasteiger partial charge in [0.25, 0.3) is 0 Å². The lowest BCUT2D eigenvalue weighted by atomic mass is 10.0. The number of hydrogen-bond donors (Lipinski definition) is 3. The fourth-order valence-electron chi connectivity index (χ4n) is 2.00. The minimum absolute atomic E-state index is 0.0291. The summed E-state index contributed by atoms with van der Waals surface area (Å²) in [6.45, 7) is 6.03. The molecule has 0 heterocycles. The molecule has 2 unspecified atom stereocenters. The van der Waals surface area contributed by atoms with Crippen LogP contribution in [-0.4, -0.2) is 29.8 Å². The molecule has 4 heteroatoms. The molecule has 0 saturated carbocycles. The average molecular weight is 278 g/mol. The summed E-state index contributed by atoms with van der Waals surface area (Å²) in [4.78, 5) is 11.9. The minimum atomic E-state index is -0.204. The number of urea groups is 1. The molecule has 2 atom stereocenters. The standard InChI is InChI=1S/C16H26N2O2/c1-4-14(10-13-8-6-12(3)7-9-13)17-16(20)18-15(5-2)11-19/h6-9,14-15,19H,4-5,10-11H2,1-3H3,(H2,17,18,20).